The Balaban J connectivity index is 2.06. The number of Topliss-reactive ketones (excluding diaryl/α,β-unsaturated/α-hetero) is 1. The molecule has 0 bridgehead atoms. The van der Waals surface area contributed by atoms with Gasteiger partial charge in [-0.15, -0.1) is 11.8 Å². The first-order valence-corrected chi connectivity index (χ1v) is 14.4. The Morgan fingerprint density at radius 3 is 2.42 bits per heavy atom. The van der Waals surface area contributed by atoms with E-state index in [2.05, 4.69) is 60.5 Å². The van der Waals surface area contributed by atoms with E-state index in [-0.39, 0.29) is 40.9 Å². The molecule has 7 nitrogen and oxygen atoms in total. The maximum absolute atomic E-state index is 13.2. The van der Waals surface area contributed by atoms with Crippen molar-refractivity contribution in [3.63, 3.8) is 0 Å². The lowest BCUT2D eigenvalue weighted by molar-refractivity contribution is -0.134. The fourth-order valence-corrected chi connectivity index (χ4v) is 8.38. The molecule has 2 aromatic rings. The van der Waals surface area contributed by atoms with Crippen LogP contribution in [-0.2, 0) is 22.5 Å². The molecule has 202 valence electrons. The molecule has 9 heteroatoms. The SMILES string of the molecule is CCN(C)[C@H]1[C@H](Sc2ccccc2C)c2ccc(OC(C)=O)c(OC(C)=O)c2[C@]2(I)CC(=O)C(OC)=C[C@H]12. The lowest BCUT2D eigenvalue weighted by atomic mass is 9.66. The van der Waals surface area contributed by atoms with Crippen molar-refractivity contribution in [3.05, 3.63) is 64.9 Å². The molecule has 4 rings (SSSR count). The third kappa shape index (κ3) is 5.24. The summed E-state index contributed by atoms with van der Waals surface area (Å²) in [5.41, 5.74) is 2.82. The monoisotopic (exact) mass is 649 g/mol. The van der Waals surface area contributed by atoms with Crippen LogP contribution in [0.3, 0.4) is 0 Å². The largest absolute Gasteiger partial charge is 0.493 e. The number of hydrogen-bond acceptors (Lipinski definition) is 8. The number of hydrogen-bond donors (Lipinski definition) is 0. The highest BCUT2D eigenvalue weighted by Gasteiger charge is 2.57. The van der Waals surface area contributed by atoms with Crippen molar-refractivity contribution in [2.24, 2.45) is 5.92 Å². The summed E-state index contributed by atoms with van der Waals surface area (Å²) in [5, 5.41) is -0.0906. The summed E-state index contributed by atoms with van der Waals surface area (Å²) < 4.78 is 16.0. The Hall–Kier alpha value is -2.37. The summed E-state index contributed by atoms with van der Waals surface area (Å²) in [6.45, 7) is 7.62. The van der Waals surface area contributed by atoms with Crippen LogP contribution in [0.1, 0.15) is 49.1 Å². The predicted octanol–water partition coefficient (Wildman–Crippen LogP) is 5.76. The van der Waals surface area contributed by atoms with Crippen molar-refractivity contribution in [1.29, 1.82) is 0 Å². The van der Waals surface area contributed by atoms with Crippen LogP contribution in [0.4, 0.5) is 0 Å². The molecule has 0 heterocycles. The number of ether oxygens (including phenoxy) is 3. The zero-order valence-electron chi connectivity index (χ0n) is 22.4. The molecule has 0 amide bonds. The lowest BCUT2D eigenvalue weighted by Crippen LogP contribution is -2.54. The van der Waals surface area contributed by atoms with Gasteiger partial charge in [0, 0.05) is 42.7 Å². The van der Waals surface area contributed by atoms with Gasteiger partial charge in [-0.05, 0) is 49.9 Å². The highest BCUT2D eigenvalue weighted by molar-refractivity contribution is 14.1. The molecule has 0 aromatic heterocycles. The molecular weight excluding hydrogens is 617 g/mol. The number of allylic oxidation sites excluding steroid dienone is 1. The van der Waals surface area contributed by atoms with Crippen molar-refractivity contribution in [2.75, 3.05) is 20.7 Å². The van der Waals surface area contributed by atoms with Crippen molar-refractivity contribution in [1.82, 2.24) is 4.90 Å². The average Bonchev–Trinajstić information content (AvgIpc) is 2.85. The highest BCUT2D eigenvalue weighted by atomic mass is 127. The van der Waals surface area contributed by atoms with Gasteiger partial charge >= 0.3 is 11.9 Å². The lowest BCUT2D eigenvalue weighted by Gasteiger charge is -2.52. The van der Waals surface area contributed by atoms with E-state index in [0.717, 1.165) is 22.6 Å². The Kier molecular flexibility index (Phi) is 8.59. The van der Waals surface area contributed by atoms with E-state index in [0.29, 0.717) is 11.3 Å². The van der Waals surface area contributed by atoms with Gasteiger partial charge in [0.25, 0.3) is 0 Å². The van der Waals surface area contributed by atoms with Crippen LogP contribution in [0.15, 0.2) is 53.1 Å². The van der Waals surface area contributed by atoms with Crippen LogP contribution in [0.2, 0.25) is 0 Å². The quantitative estimate of drug-likeness (QED) is 0.162. The molecule has 0 aliphatic heterocycles. The number of benzene rings is 2. The van der Waals surface area contributed by atoms with Crippen LogP contribution in [0.5, 0.6) is 11.5 Å². The van der Waals surface area contributed by atoms with Crippen LogP contribution >= 0.6 is 34.4 Å². The third-order valence-corrected chi connectivity index (χ3v) is 10.3. The van der Waals surface area contributed by atoms with Gasteiger partial charge in [0.1, 0.15) is 0 Å². The van der Waals surface area contributed by atoms with Gasteiger partial charge in [0.2, 0.25) is 0 Å². The second kappa shape index (κ2) is 11.4. The molecule has 0 N–H and O–H groups in total. The summed E-state index contributed by atoms with van der Waals surface area (Å²) in [4.78, 5) is 41.0. The van der Waals surface area contributed by atoms with Gasteiger partial charge in [-0.25, -0.2) is 0 Å². The standard InChI is InChI=1S/C29H32INO6S/c1-7-31(5)26-20-14-23(35-6)21(34)15-29(20,30)25-19(28(26)38-24-11-9-8-10-16(24)2)12-13-22(36-17(3)32)27(25)37-18(4)33/h8-14,20,26,28H,7,15H2,1-6H3/t20-,26-,28-,29+/m1/s1. The Morgan fingerprint density at radius 1 is 1.13 bits per heavy atom. The van der Waals surface area contributed by atoms with Crippen LogP contribution < -0.4 is 9.47 Å². The molecule has 2 aliphatic rings. The molecule has 0 fully saturated rings. The number of ketones is 1. The predicted molar refractivity (Wildman–Crippen MR) is 155 cm³/mol. The number of aryl methyl sites for hydroxylation is 1. The molecule has 2 aromatic carbocycles. The molecule has 0 saturated carbocycles. The minimum atomic E-state index is -0.774. The number of carbonyl (C=O) groups excluding carboxylic acids is 3. The van der Waals surface area contributed by atoms with E-state index >= 15 is 0 Å². The van der Waals surface area contributed by atoms with E-state index in [1.165, 1.54) is 21.0 Å². The van der Waals surface area contributed by atoms with Crippen LogP contribution in [0.25, 0.3) is 0 Å². The maximum atomic E-state index is 13.2. The second-order valence-electron chi connectivity index (χ2n) is 9.64. The Bertz CT molecular complexity index is 1310. The summed E-state index contributed by atoms with van der Waals surface area (Å²) >= 11 is 4.10. The smallest absolute Gasteiger partial charge is 0.308 e. The normalized spacial score (nSPS) is 24.3. The molecule has 4 atom stereocenters. The van der Waals surface area contributed by atoms with Gasteiger partial charge < -0.3 is 19.1 Å². The van der Waals surface area contributed by atoms with E-state index < -0.39 is 15.4 Å². The Labute approximate surface area is 241 Å². The molecule has 2 aliphatic carbocycles. The van der Waals surface area contributed by atoms with Crippen molar-refractivity contribution < 1.29 is 28.6 Å². The zero-order valence-corrected chi connectivity index (χ0v) is 25.3. The van der Waals surface area contributed by atoms with Crippen molar-refractivity contribution in [3.8, 4) is 11.5 Å². The van der Waals surface area contributed by atoms with Crippen molar-refractivity contribution in [2.45, 2.75) is 53.7 Å². The number of alkyl halides is 1. The van der Waals surface area contributed by atoms with E-state index in [4.69, 9.17) is 14.2 Å². The molecule has 0 saturated heterocycles. The number of carbonyl (C=O) groups is 3. The van der Waals surface area contributed by atoms with Gasteiger partial charge in [0.05, 0.1) is 15.8 Å². The number of esters is 2. The van der Waals surface area contributed by atoms with E-state index in [1.54, 1.807) is 17.8 Å². The Morgan fingerprint density at radius 2 is 1.82 bits per heavy atom. The first kappa shape index (κ1) is 28.6. The maximum Gasteiger partial charge on any atom is 0.308 e. The van der Waals surface area contributed by atoms with E-state index in [1.807, 2.05) is 24.3 Å². The van der Waals surface area contributed by atoms with Gasteiger partial charge in [-0.3, -0.25) is 14.4 Å². The van der Waals surface area contributed by atoms with Crippen LogP contribution in [-0.4, -0.2) is 49.4 Å². The average molecular weight is 650 g/mol. The zero-order chi connectivity index (χ0) is 27.8. The number of thioether (sulfide) groups is 1. The molecule has 0 radical (unpaired) electrons. The molecule has 38 heavy (non-hydrogen) atoms. The van der Waals surface area contributed by atoms with Gasteiger partial charge in [-0.1, -0.05) is 53.8 Å². The topological polar surface area (TPSA) is 82.1 Å². The van der Waals surface area contributed by atoms with Crippen molar-refractivity contribution >= 4 is 52.1 Å². The summed E-state index contributed by atoms with van der Waals surface area (Å²) in [5.74, 6) is -0.657. The van der Waals surface area contributed by atoms with Gasteiger partial charge in [0.15, 0.2) is 23.0 Å². The second-order valence-corrected chi connectivity index (χ2v) is 12.7. The molecule has 0 spiro atoms. The number of likely N-dealkylation sites (N-methyl/N-ethyl adjacent to an activating group) is 1. The number of methoxy groups -OCH3 is 1. The third-order valence-electron chi connectivity index (χ3n) is 7.18. The van der Waals surface area contributed by atoms with E-state index in [9.17, 15) is 14.4 Å². The van der Waals surface area contributed by atoms with Crippen LogP contribution in [0, 0.1) is 12.8 Å². The molecule has 0 unspecified atom stereocenters. The number of halogens is 1. The highest BCUT2D eigenvalue weighted by Crippen LogP contribution is 2.63. The minimum absolute atomic E-state index is 0.0167. The number of rotatable bonds is 7. The summed E-state index contributed by atoms with van der Waals surface area (Å²) in [6, 6.07) is 11.9. The summed E-state index contributed by atoms with van der Waals surface area (Å²) in [7, 11) is 3.61. The fourth-order valence-electron chi connectivity index (χ4n) is 5.40. The first-order valence-electron chi connectivity index (χ1n) is 12.5. The molecular formula is C29H32INO6S. The van der Waals surface area contributed by atoms with Gasteiger partial charge in [-0.2, -0.15) is 0 Å². The minimum Gasteiger partial charge on any atom is -0.493 e. The number of nitrogens with zero attached hydrogens (tertiary/aromatic N) is 1. The fraction of sp³-hybridized carbons (Fsp3) is 0.414. The first-order chi connectivity index (χ1) is 18.0. The summed E-state index contributed by atoms with van der Waals surface area (Å²) in [6.07, 6.45) is 2.08. The number of fused-ring (bicyclic) bond motifs is 3.